The van der Waals surface area contributed by atoms with Crippen molar-refractivity contribution in [1.82, 2.24) is 5.32 Å². The van der Waals surface area contributed by atoms with Gasteiger partial charge in [-0.15, -0.1) is 11.3 Å². The summed E-state index contributed by atoms with van der Waals surface area (Å²) in [7, 11) is 0. The van der Waals surface area contributed by atoms with Gasteiger partial charge in [-0.2, -0.15) is 0 Å². The van der Waals surface area contributed by atoms with Gasteiger partial charge in [0.2, 0.25) is 0 Å². The highest BCUT2D eigenvalue weighted by molar-refractivity contribution is 9.11. The molecule has 1 amide bonds. The monoisotopic (exact) mass is 391 g/mol. The summed E-state index contributed by atoms with van der Waals surface area (Å²) in [5.41, 5.74) is 1.90. The van der Waals surface area contributed by atoms with Crippen LogP contribution in [0.1, 0.15) is 33.8 Å². The van der Waals surface area contributed by atoms with Crippen LogP contribution in [0.15, 0.2) is 28.1 Å². The fraction of sp³-hybridized carbons (Fsp3) is 0.214. The van der Waals surface area contributed by atoms with E-state index in [0.717, 1.165) is 14.9 Å². The van der Waals surface area contributed by atoms with Gasteiger partial charge in [0, 0.05) is 10.0 Å². The molecular weight excluding hydrogens is 381 g/mol. The topological polar surface area (TPSA) is 29.1 Å². The predicted octanol–water partition coefficient (Wildman–Crippen LogP) is 5.62. The Bertz CT molecular complexity index is 637. The quantitative estimate of drug-likeness (QED) is 0.721. The van der Waals surface area contributed by atoms with Crippen molar-refractivity contribution in [3.63, 3.8) is 0 Å². The van der Waals surface area contributed by atoms with E-state index < -0.39 is 0 Å². The maximum atomic E-state index is 12.2. The van der Waals surface area contributed by atoms with E-state index >= 15 is 0 Å². The fourth-order valence-electron chi connectivity index (χ4n) is 1.77. The Morgan fingerprint density at radius 1 is 1.35 bits per heavy atom. The number of carbonyl (C=O) groups is 1. The van der Waals surface area contributed by atoms with E-state index in [4.69, 9.17) is 23.2 Å². The molecule has 0 fully saturated rings. The van der Waals surface area contributed by atoms with E-state index in [0.29, 0.717) is 14.9 Å². The normalized spacial score (nSPS) is 12.2. The summed E-state index contributed by atoms with van der Waals surface area (Å²) in [5, 5.41) is 4.07. The average molecular weight is 393 g/mol. The zero-order chi connectivity index (χ0) is 14.9. The minimum Gasteiger partial charge on any atom is -0.345 e. The first-order valence-corrected chi connectivity index (χ1v) is 8.26. The van der Waals surface area contributed by atoms with E-state index in [9.17, 15) is 4.79 Å². The number of aryl methyl sites for hydroxylation is 1. The summed E-state index contributed by atoms with van der Waals surface area (Å²) in [6, 6.07) is 6.93. The number of rotatable bonds is 3. The molecule has 1 atom stereocenters. The first-order valence-electron chi connectivity index (χ1n) is 5.90. The second kappa shape index (κ2) is 6.48. The van der Waals surface area contributed by atoms with Crippen LogP contribution in [0.2, 0.25) is 10.0 Å². The molecule has 1 N–H and O–H groups in total. The van der Waals surface area contributed by atoms with Crippen LogP contribution in [-0.4, -0.2) is 5.91 Å². The number of benzene rings is 1. The first kappa shape index (κ1) is 15.8. The Morgan fingerprint density at radius 3 is 2.60 bits per heavy atom. The molecule has 0 saturated carbocycles. The third-order valence-corrected chi connectivity index (χ3v) is 5.56. The smallest absolute Gasteiger partial charge is 0.261 e. The molecule has 2 rings (SSSR count). The largest absolute Gasteiger partial charge is 0.345 e. The summed E-state index contributed by atoms with van der Waals surface area (Å²) >= 11 is 16.8. The van der Waals surface area contributed by atoms with E-state index in [1.165, 1.54) is 11.3 Å². The molecule has 106 valence electrons. The number of thiophene rings is 1. The molecule has 6 heteroatoms. The van der Waals surface area contributed by atoms with E-state index in [1.54, 1.807) is 12.1 Å². The summed E-state index contributed by atoms with van der Waals surface area (Å²) in [6.07, 6.45) is 0. The molecule has 0 saturated heterocycles. The molecule has 1 aromatic heterocycles. The highest BCUT2D eigenvalue weighted by Gasteiger charge is 2.16. The molecule has 20 heavy (non-hydrogen) atoms. The number of amides is 1. The van der Waals surface area contributed by atoms with Gasteiger partial charge in [-0.25, -0.2) is 0 Å². The third kappa shape index (κ3) is 3.55. The van der Waals surface area contributed by atoms with Gasteiger partial charge in [0.25, 0.3) is 5.91 Å². The number of carbonyl (C=O) groups excluding carboxylic acids is 1. The molecule has 1 unspecified atom stereocenters. The summed E-state index contributed by atoms with van der Waals surface area (Å²) in [4.78, 5) is 12.9. The second-order valence-electron chi connectivity index (χ2n) is 4.43. The Balaban J connectivity index is 2.14. The van der Waals surface area contributed by atoms with Crippen LogP contribution in [0.3, 0.4) is 0 Å². The molecule has 0 spiro atoms. The van der Waals surface area contributed by atoms with Crippen molar-refractivity contribution in [2.45, 2.75) is 19.9 Å². The van der Waals surface area contributed by atoms with Gasteiger partial charge in [0.05, 0.1) is 14.7 Å². The van der Waals surface area contributed by atoms with Gasteiger partial charge in [-0.3, -0.25) is 4.79 Å². The minimum absolute atomic E-state index is 0.109. The molecule has 0 bridgehead atoms. The lowest BCUT2D eigenvalue weighted by molar-refractivity contribution is 0.0944. The maximum absolute atomic E-state index is 12.2. The lowest BCUT2D eigenvalue weighted by Gasteiger charge is -2.15. The second-order valence-corrected chi connectivity index (χ2v) is 7.64. The molecule has 1 aromatic carbocycles. The van der Waals surface area contributed by atoms with Gasteiger partial charge in [-0.1, -0.05) is 29.3 Å². The molecule has 2 aromatic rings. The maximum Gasteiger partial charge on any atom is 0.261 e. The fourth-order valence-corrected chi connectivity index (χ4v) is 3.78. The van der Waals surface area contributed by atoms with Gasteiger partial charge in [-0.05, 0) is 59.1 Å². The Morgan fingerprint density at radius 2 is 2.05 bits per heavy atom. The Labute approximate surface area is 140 Å². The van der Waals surface area contributed by atoms with E-state index in [1.807, 2.05) is 26.0 Å². The zero-order valence-corrected chi connectivity index (χ0v) is 14.8. The SMILES string of the molecule is Cc1cc(C(=O)NC(C)c2ccc(Cl)cc2Cl)sc1Br. The van der Waals surface area contributed by atoms with Crippen molar-refractivity contribution >= 4 is 56.4 Å². The van der Waals surface area contributed by atoms with Crippen LogP contribution in [-0.2, 0) is 0 Å². The van der Waals surface area contributed by atoms with Crippen molar-refractivity contribution in [2.75, 3.05) is 0 Å². The molecule has 1 heterocycles. The van der Waals surface area contributed by atoms with E-state index in [2.05, 4.69) is 21.2 Å². The summed E-state index contributed by atoms with van der Waals surface area (Å²) in [5.74, 6) is -0.109. The van der Waals surface area contributed by atoms with Crippen molar-refractivity contribution in [3.8, 4) is 0 Å². The average Bonchev–Trinajstić information content (AvgIpc) is 2.69. The highest BCUT2D eigenvalue weighted by atomic mass is 79.9. The molecule has 2 nitrogen and oxygen atoms in total. The number of hydrogen-bond donors (Lipinski definition) is 1. The van der Waals surface area contributed by atoms with Crippen molar-refractivity contribution in [2.24, 2.45) is 0 Å². The molecule has 0 aliphatic rings. The van der Waals surface area contributed by atoms with Crippen molar-refractivity contribution < 1.29 is 4.79 Å². The van der Waals surface area contributed by atoms with Crippen LogP contribution in [0.4, 0.5) is 0 Å². The standard InChI is InChI=1S/C14H12BrCl2NOS/c1-7-5-12(20-13(7)15)14(19)18-8(2)10-4-3-9(16)6-11(10)17/h3-6,8H,1-2H3,(H,18,19). The van der Waals surface area contributed by atoms with Crippen LogP contribution in [0, 0.1) is 6.92 Å². The van der Waals surface area contributed by atoms with Crippen LogP contribution in [0.25, 0.3) is 0 Å². The highest BCUT2D eigenvalue weighted by Crippen LogP contribution is 2.29. The molecule has 0 aliphatic carbocycles. The number of nitrogens with one attached hydrogen (secondary N) is 1. The van der Waals surface area contributed by atoms with Crippen molar-refractivity contribution in [3.05, 3.63) is 54.1 Å². The minimum atomic E-state index is -0.187. The third-order valence-electron chi connectivity index (χ3n) is 2.86. The Hall–Kier alpha value is -0.550. The first-order chi connectivity index (χ1) is 9.38. The lowest BCUT2D eigenvalue weighted by atomic mass is 10.1. The van der Waals surface area contributed by atoms with Gasteiger partial charge < -0.3 is 5.32 Å². The lowest BCUT2D eigenvalue weighted by Crippen LogP contribution is -2.26. The number of hydrogen-bond acceptors (Lipinski definition) is 2. The van der Waals surface area contributed by atoms with Gasteiger partial charge in [0.1, 0.15) is 0 Å². The van der Waals surface area contributed by atoms with Gasteiger partial charge >= 0.3 is 0 Å². The van der Waals surface area contributed by atoms with Crippen molar-refractivity contribution in [1.29, 1.82) is 0 Å². The molecular formula is C14H12BrCl2NOS. The predicted molar refractivity (Wildman–Crippen MR) is 89.1 cm³/mol. The van der Waals surface area contributed by atoms with Crippen LogP contribution < -0.4 is 5.32 Å². The van der Waals surface area contributed by atoms with Crippen LogP contribution >= 0.6 is 50.5 Å². The number of halogens is 3. The molecule has 0 radical (unpaired) electrons. The summed E-state index contributed by atoms with van der Waals surface area (Å²) in [6.45, 7) is 3.85. The molecule has 0 aliphatic heterocycles. The zero-order valence-electron chi connectivity index (χ0n) is 10.8. The van der Waals surface area contributed by atoms with Crippen LogP contribution in [0.5, 0.6) is 0 Å². The van der Waals surface area contributed by atoms with E-state index in [-0.39, 0.29) is 11.9 Å². The van der Waals surface area contributed by atoms with Gasteiger partial charge in [0.15, 0.2) is 0 Å². The summed E-state index contributed by atoms with van der Waals surface area (Å²) < 4.78 is 0.972. The Kier molecular flexibility index (Phi) is 5.13.